The van der Waals surface area contributed by atoms with Crippen molar-refractivity contribution in [3.63, 3.8) is 0 Å². The molecule has 21 heavy (non-hydrogen) atoms. The maximum Gasteiger partial charge on any atom is 0.265 e. The molecule has 1 saturated heterocycles. The topological polar surface area (TPSA) is 49.4 Å². The Morgan fingerprint density at radius 1 is 1.29 bits per heavy atom. The van der Waals surface area contributed by atoms with Gasteiger partial charge in [-0.1, -0.05) is 12.1 Å². The molecular formula is C15H18F2N2O2. The first-order valence-corrected chi connectivity index (χ1v) is 6.88. The normalized spacial score (nSPS) is 17.4. The van der Waals surface area contributed by atoms with Crippen molar-refractivity contribution in [1.29, 1.82) is 0 Å². The first kappa shape index (κ1) is 15.4. The largest absolute Gasteiger partial charge is 0.336 e. The molecule has 6 heteroatoms. The zero-order valence-corrected chi connectivity index (χ0v) is 11.9. The van der Waals surface area contributed by atoms with Gasteiger partial charge in [-0.3, -0.25) is 9.59 Å². The first-order valence-electron chi connectivity index (χ1n) is 6.88. The monoisotopic (exact) mass is 296 g/mol. The van der Waals surface area contributed by atoms with Crippen LogP contribution in [0.1, 0.15) is 25.3 Å². The molecule has 0 radical (unpaired) electrons. The van der Waals surface area contributed by atoms with Crippen molar-refractivity contribution >= 4 is 17.5 Å². The minimum absolute atomic E-state index is 0.0937. The van der Waals surface area contributed by atoms with Crippen molar-refractivity contribution in [2.45, 2.75) is 32.1 Å². The van der Waals surface area contributed by atoms with Crippen molar-refractivity contribution in [3.05, 3.63) is 29.8 Å². The number of amides is 2. The molecule has 0 aromatic heterocycles. The van der Waals surface area contributed by atoms with Crippen LogP contribution in [0.4, 0.5) is 14.5 Å². The highest BCUT2D eigenvalue weighted by Crippen LogP contribution is 2.26. The second kappa shape index (κ2) is 6.20. The SMILES string of the molecule is CC(=O)Nc1ccc(CC(=O)N2CCCC(F)(F)C2)cc1. The molecule has 1 N–H and O–H groups in total. The van der Waals surface area contributed by atoms with Gasteiger partial charge in [0.05, 0.1) is 13.0 Å². The van der Waals surface area contributed by atoms with Gasteiger partial charge < -0.3 is 10.2 Å². The highest BCUT2D eigenvalue weighted by molar-refractivity contribution is 5.88. The summed E-state index contributed by atoms with van der Waals surface area (Å²) in [6, 6.07) is 6.81. The second-order valence-corrected chi connectivity index (χ2v) is 5.33. The maximum atomic E-state index is 13.3. The number of alkyl halides is 2. The Morgan fingerprint density at radius 2 is 1.95 bits per heavy atom. The lowest BCUT2D eigenvalue weighted by atomic mass is 10.1. The molecule has 2 rings (SSSR count). The van der Waals surface area contributed by atoms with E-state index in [1.165, 1.54) is 11.8 Å². The highest BCUT2D eigenvalue weighted by atomic mass is 19.3. The summed E-state index contributed by atoms with van der Waals surface area (Å²) in [6.45, 7) is 1.31. The van der Waals surface area contributed by atoms with Gasteiger partial charge in [-0.15, -0.1) is 0 Å². The van der Waals surface area contributed by atoms with Crippen molar-refractivity contribution in [2.75, 3.05) is 18.4 Å². The second-order valence-electron chi connectivity index (χ2n) is 5.33. The van der Waals surface area contributed by atoms with E-state index in [9.17, 15) is 18.4 Å². The van der Waals surface area contributed by atoms with E-state index in [4.69, 9.17) is 0 Å². The zero-order valence-electron chi connectivity index (χ0n) is 11.9. The van der Waals surface area contributed by atoms with Gasteiger partial charge in [0.15, 0.2) is 0 Å². The third kappa shape index (κ3) is 4.51. The van der Waals surface area contributed by atoms with E-state index in [0.717, 1.165) is 5.56 Å². The van der Waals surface area contributed by atoms with Crippen molar-refractivity contribution in [3.8, 4) is 0 Å². The fourth-order valence-electron chi connectivity index (χ4n) is 2.37. The molecule has 1 aromatic rings. The summed E-state index contributed by atoms with van der Waals surface area (Å²) in [6.07, 6.45) is 0.277. The van der Waals surface area contributed by atoms with E-state index >= 15 is 0 Å². The Hall–Kier alpha value is -1.98. The van der Waals surface area contributed by atoms with Crippen LogP contribution in [0.3, 0.4) is 0 Å². The summed E-state index contributed by atoms with van der Waals surface area (Å²) in [7, 11) is 0. The van der Waals surface area contributed by atoms with Gasteiger partial charge in [-0.05, 0) is 24.1 Å². The fourth-order valence-corrected chi connectivity index (χ4v) is 2.37. The molecule has 0 bridgehead atoms. The minimum Gasteiger partial charge on any atom is -0.336 e. The van der Waals surface area contributed by atoms with Gasteiger partial charge >= 0.3 is 0 Å². The van der Waals surface area contributed by atoms with Gasteiger partial charge in [-0.2, -0.15) is 0 Å². The number of nitrogens with zero attached hydrogens (tertiary/aromatic N) is 1. The Balaban J connectivity index is 1.94. The molecular weight excluding hydrogens is 278 g/mol. The van der Waals surface area contributed by atoms with Gasteiger partial charge in [0, 0.05) is 25.6 Å². The molecule has 0 spiro atoms. The molecule has 1 aliphatic heterocycles. The van der Waals surface area contributed by atoms with E-state index < -0.39 is 12.5 Å². The first-order chi connectivity index (χ1) is 9.85. The number of anilines is 1. The molecule has 2 amide bonds. The zero-order chi connectivity index (χ0) is 15.5. The molecule has 1 aliphatic rings. The number of rotatable bonds is 3. The summed E-state index contributed by atoms with van der Waals surface area (Å²) >= 11 is 0. The molecule has 4 nitrogen and oxygen atoms in total. The predicted octanol–water partition coefficient (Wildman–Crippen LogP) is 2.45. The highest BCUT2D eigenvalue weighted by Gasteiger charge is 2.36. The van der Waals surface area contributed by atoms with E-state index in [2.05, 4.69) is 5.32 Å². The number of piperidine rings is 1. The average Bonchev–Trinajstić information content (AvgIpc) is 2.39. The van der Waals surface area contributed by atoms with Crippen LogP contribution in [0.5, 0.6) is 0 Å². The minimum atomic E-state index is -2.77. The Labute approximate surface area is 122 Å². The molecule has 114 valence electrons. The van der Waals surface area contributed by atoms with Crippen LogP contribution in [0.15, 0.2) is 24.3 Å². The molecule has 0 unspecified atom stereocenters. The number of carbonyl (C=O) groups is 2. The third-order valence-corrected chi connectivity index (χ3v) is 3.38. The van der Waals surface area contributed by atoms with Crippen molar-refractivity contribution in [2.24, 2.45) is 0 Å². The summed E-state index contributed by atoms with van der Waals surface area (Å²) < 4.78 is 26.6. The smallest absolute Gasteiger partial charge is 0.265 e. The summed E-state index contributed by atoms with van der Waals surface area (Å²) in [5, 5.41) is 2.63. The number of benzene rings is 1. The van der Waals surface area contributed by atoms with Gasteiger partial charge in [0.25, 0.3) is 5.92 Å². The average molecular weight is 296 g/mol. The standard InChI is InChI=1S/C15H18F2N2O2/c1-11(20)18-13-5-3-12(4-6-13)9-14(21)19-8-2-7-15(16,17)10-19/h3-6H,2,7-10H2,1H3,(H,18,20). The van der Waals surface area contributed by atoms with E-state index in [0.29, 0.717) is 18.7 Å². The lowest BCUT2D eigenvalue weighted by Gasteiger charge is -2.32. The van der Waals surface area contributed by atoms with Crippen LogP contribution >= 0.6 is 0 Å². The van der Waals surface area contributed by atoms with Crippen LogP contribution in [-0.2, 0) is 16.0 Å². The number of likely N-dealkylation sites (tertiary alicyclic amines) is 1. The Kier molecular flexibility index (Phi) is 4.55. The van der Waals surface area contributed by atoms with E-state index in [-0.39, 0.29) is 24.7 Å². The fraction of sp³-hybridized carbons (Fsp3) is 0.467. The number of hydrogen-bond acceptors (Lipinski definition) is 2. The van der Waals surface area contributed by atoms with Crippen LogP contribution in [0.2, 0.25) is 0 Å². The molecule has 1 aromatic carbocycles. The predicted molar refractivity (Wildman–Crippen MR) is 75.2 cm³/mol. The summed E-state index contributed by atoms with van der Waals surface area (Å²) in [5.74, 6) is -3.24. The number of nitrogens with one attached hydrogen (secondary N) is 1. The Morgan fingerprint density at radius 3 is 2.52 bits per heavy atom. The van der Waals surface area contributed by atoms with Crippen molar-refractivity contribution in [1.82, 2.24) is 4.90 Å². The molecule has 0 aliphatic carbocycles. The van der Waals surface area contributed by atoms with Gasteiger partial charge in [0.2, 0.25) is 11.8 Å². The quantitative estimate of drug-likeness (QED) is 0.931. The molecule has 1 fully saturated rings. The molecule has 0 atom stereocenters. The summed E-state index contributed by atoms with van der Waals surface area (Å²) in [4.78, 5) is 24.2. The van der Waals surface area contributed by atoms with Crippen LogP contribution in [0.25, 0.3) is 0 Å². The third-order valence-electron chi connectivity index (χ3n) is 3.38. The van der Waals surface area contributed by atoms with Gasteiger partial charge in [0.1, 0.15) is 0 Å². The van der Waals surface area contributed by atoms with Gasteiger partial charge in [-0.25, -0.2) is 8.78 Å². The lowest BCUT2D eigenvalue weighted by Crippen LogP contribution is -2.46. The van der Waals surface area contributed by atoms with Crippen LogP contribution in [-0.4, -0.2) is 35.7 Å². The van der Waals surface area contributed by atoms with Crippen molar-refractivity contribution < 1.29 is 18.4 Å². The number of carbonyl (C=O) groups excluding carboxylic acids is 2. The van der Waals surface area contributed by atoms with Crippen LogP contribution in [0, 0.1) is 0 Å². The van der Waals surface area contributed by atoms with E-state index in [1.807, 2.05) is 0 Å². The Bertz CT molecular complexity index is 529. The number of hydrogen-bond donors (Lipinski definition) is 1. The summed E-state index contributed by atoms with van der Waals surface area (Å²) in [5.41, 5.74) is 1.38. The maximum absolute atomic E-state index is 13.3. The van der Waals surface area contributed by atoms with E-state index in [1.54, 1.807) is 24.3 Å². The molecule has 1 heterocycles. The molecule has 0 saturated carbocycles. The van der Waals surface area contributed by atoms with Crippen LogP contribution < -0.4 is 5.32 Å². The number of halogens is 2. The lowest BCUT2D eigenvalue weighted by molar-refractivity contribution is -0.140.